The second-order valence-corrected chi connectivity index (χ2v) is 3.86. The van der Waals surface area contributed by atoms with Gasteiger partial charge in [0, 0.05) is 6.54 Å². The van der Waals surface area contributed by atoms with E-state index in [1.807, 2.05) is 0 Å². The van der Waals surface area contributed by atoms with Crippen molar-refractivity contribution in [1.29, 1.82) is 0 Å². The summed E-state index contributed by atoms with van der Waals surface area (Å²) in [5.41, 5.74) is 5.01. The molecule has 1 nitrogen and oxygen atoms in total. The van der Waals surface area contributed by atoms with Crippen LogP contribution in [0.1, 0.15) is 11.5 Å². The van der Waals surface area contributed by atoms with Gasteiger partial charge in [0.2, 0.25) is 0 Å². The highest BCUT2D eigenvalue weighted by Crippen LogP contribution is 2.35. The van der Waals surface area contributed by atoms with Crippen molar-refractivity contribution in [2.45, 2.75) is 12.1 Å². The topological polar surface area (TPSA) is 26.0 Å². The Balaban J connectivity index is 3.08. The Kier molecular flexibility index (Phi) is 3.72. The molecule has 0 heterocycles. The first-order valence-electron chi connectivity index (χ1n) is 4.08. The molecule has 6 heteroatoms. The van der Waals surface area contributed by atoms with Crippen LogP contribution in [0, 0.1) is 5.82 Å². The number of halogens is 5. The molecule has 1 aromatic rings. The Morgan fingerprint density at radius 2 is 1.93 bits per heavy atom. The minimum absolute atomic E-state index is 0.00250. The van der Waals surface area contributed by atoms with Crippen molar-refractivity contribution in [2.24, 2.45) is 5.73 Å². The average Bonchev–Trinajstić information content (AvgIpc) is 2.10. The summed E-state index contributed by atoms with van der Waals surface area (Å²) in [6, 6.07) is 3.17. The van der Waals surface area contributed by atoms with Crippen molar-refractivity contribution in [1.82, 2.24) is 0 Å². The molecule has 0 aliphatic carbocycles. The quantitative estimate of drug-likeness (QED) is 0.830. The Morgan fingerprint density at radius 1 is 1.33 bits per heavy atom. The standard InChI is InChI=1S/C9H8BrF4N/c10-7-3-5(1-2-8(7)11)6(4-15)9(12,13)14/h1-3,6H,4,15H2. The van der Waals surface area contributed by atoms with Crippen LogP contribution >= 0.6 is 15.9 Å². The first-order valence-corrected chi connectivity index (χ1v) is 4.87. The van der Waals surface area contributed by atoms with Gasteiger partial charge in [-0.1, -0.05) is 6.07 Å². The summed E-state index contributed by atoms with van der Waals surface area (Å²) >= 11 is 2.83. The fourth-order valence-corrected chi connectivity index (χ4v) is 1.58. The first kappa shape index (κ1) is 12.4. The molecule has 0 saturated heterocycles. The molecule has 0 aliphatic rings. The van der Waals surface area contributed by atoms with E-state index in [1.165, 1.54) is 0 Å². The predicted octanol–water partition coefficient (Wildman–Crippen LogP) is 3.19. The summed E-state index contributed by atoms with van der Waals surface area (Å²) in [7, 11) is 0. The highest BCUT2D eigenvalue weighted by atomic mass is 79.9. The Labute approximate surface area is 92.4 Å². The van der Waals surface area contributed by atoms with Crippen LogP contribution in [0.4, 0.5) is 17.6 Å². The highest BCUT2D eigenvalue weighted by molar-refractivity contribution is 9.10. The highest BCUT2D eigenvalue weighted by Gasteiger charge is 2.39. The lowest BCUT2D eigenvalue weighted by Gasteiger charge is -2.18. The zero-order chi connectivity index (χ0) is 11.6. The molecule has 0 aromatic heterocycles. The second kappa shape index (κ2) is 4.49. The van der Waals surface area contributed by atoms with E-state index >= 15 is 0 Å². The van der Waals surface area contributed by atoms with E-state index in [1.54, 1.807) is 0 Å². The molecular weight excluding hydrogens is 278 g/mol. The van der Waals surface area contributed by atoms with E-state index in [0.717, 1.165) is 18.2 Å². The summed E-state index contributed by atoms with van der Waals surface area (Å²) in [6.07, 6.45) is -4.41. The Hall–Kier alpha value is -0.620. The summed E-state index contributed by atoms with van der Waals surface area (Å²) < 4.78 is 50.2. The van der Waals surface area contributed by atoms with E-state index in [9.17, 15) is 17.6 Å². The molecule has 15 heavy (non-hydrogen) atoms. The van der Waals surface area contributed by atoms with Gasteiger partial charge in [-0.05, 0) is 33.6 Å². The van der Waals surface area contributed by atoms with Crippen molar-refractivity contribution in [2.75, 3.05) is 6.54 Å². The van der Waals surface area contributed by atoms with E-state index < -0.39 is 24.5 Å². The molecule has 1 atom stereocenters. The number of hydrogen-bond donors (Lipinski definition) is 1. The lowest BCUT2D eigenvalue weighted by Crippen LogP contribution is -2.28. The van der Waals surface area contributed by atoms with Gasteiger partial charge in [-0.3, -0.25) is 0 Å². The van der Waals surface area contributed by atoms with Gasteiger partial charge in [0.15, 0.2) is 0 Å². The maximum absolute atomic E-state index is 12.8. The molecule has 0 bridgehead atoms. The van der Waals surface area contributed by atoms with E-state index in [4.69, 9.17) is 5.73 Å². The molecule has 0 amide bonds. The van der Waals surface area contributed by atoms with Crippen LogP contribution in [0.3, 0.4) is 0 Å². The summed E-state index contributed by atoms with van der Waals surface area (Å²) in [5.74, 6) is -2.36. The zero-order valence-corrected chi connectivity index (χ0v) is 9.07. The summed E-state index contributed by atoms with van der Waals surface area (Å²) in [6.45, 7) is -0.554. The smallest absolute Gasteiger partial charge is 0.330 e. The van der Waals surface area contributed by atoms with Crippen LogP contribution in [-0.4, -0.2) is 12.7 Å². The van der Waals surface area contributed by atoms with Crippen molar-refractivity contribution in [3.05, 3.63) is 34.1 Å². The average molecular weight is 286 g/mol. The number of alkyl halides is 3. The fourth-order valence-electron chi connectivity index (χ4n) is 1.19. The van der Waals surface area contributed by atoms with Gasteiger partial charge in [-0.15, -0.1) is 0 Å². The molecule has 0 radical (unpaired) electrons. The molecule has 84 valence electrons. The molecule has 0 saturated carbocycles. The number of hydrogen-bond acceptors (Lipinski definition) is 1. The van der Waals surface area contributed by atoms with Gasteiger partial charge in [-0.2, -0.15) is 13.2 Å². The van der Waals surface area contributed by atoms with Crippen LogP contribution in [0.2, 0.25) is 0 Å². The third-order valence-electron chi connectivity index (χ3n) is 1.98. The molecule has 0 fully saturated rings. The SMILES string of the molecule is NCC(c1ccc(F)c(Br)c1)C(F)(F)F. The number of rotatable bonds is 2. The minimum Gasteiger partial charge on any atom is -0.330 e. The minimum atomic E-state index is -4.41. The second-order valence-electron chi connectivity index (χ2n) is 3.00. The molecule has 2 N–H and O–H groups in total. The lowest BCUT2D eigenvalue weighted by atomic mass is 9.99. The van der Waals surface area contributed by atoms with E-state index in [0.29, 0.717) is 0 Å². The molecule has 1 rings (SSSR count). The molecule has 1 unspecified atom stereocenters. The third kappa shape index (κ3) is 2.92. The molecular formula is C9H8BrF4N. The van der Waals surface area contributed by atoms with Gasteiger partial charge in [0.1, 0.15) is 5.82 Å². The zero-order valence-electron chi connectivity index (χ0n) is 7.48. The van der Waals surface area contributed by atoms with Crippen molar-refractivity contribution >= 4 is 15.9 Å². The van der Waals surface area contributed by atoms with Crippen molar-refractivity contribution in [3.8, 4) is 0 Å². The van der Waals surface area contributed by atoms with Crippen LogP contribution in [0.25, 0.3) is 0 Å². The third-order valence-corrected chi connectivity index (χ3v) is 2.58. The lowest BCUT2D eigenvalue weighted by molar-refractivity contribution is -0.148. The molecule has 0 spiro atoms. The van der Waals surface area contributed by atoms with Gasteiger partial charge < -0.3 is 5.73 Å². The fraction of sp³-hybridized carbons (Fsp3) is 0.333. The van der Waals surface area contributed by atoms with Crippen molar-refractivity contribution in [3.63, 3.8) is 0 Å². The van der Waals surface area contributed by atoms with Gasteiger partial charge >= 0.3 is 6.18 Å². The number of nitrogens with two attached hydrogens (primary N) is 1. The predicted molar refractivity (Wildman–Crippen MR) is 52.0 cm³/mol. The Bertz CT molecular complexity index is 350. The molecule has 0 aliphatic heterocycles. The summed E-state index contributed by atoms with van der Waals surface area (Å²) in [4.78, 5) is 0. The number of benzene rings is 1. The monoisotopic (exact) mass is 285 g/mol. The van der Waals surface area contributed by atoms with Crippen molar-refractivity contribution < 1.29 is 17.6 Å². The van der Waals surface area contributed by atoms with Crippen LogP contribution in [0.5, 0.6) is 0 Å². The maximum atomic E-state index is 12.8. The van der Waals surface area contributed by atoms with E-state index in [-0.39, 0.29) is 10.0 Å². The van der Waals surface area contributed by atoms with Crippen LogP contribution in [-0.2, 0) is 0 Å². The summed E-state index contributed by atoms with van der Waals surface area (Å²) in [5, 5.41) is 0. The first-order chi connectivity index (χ1) is 6.86. The van der Waals surface area contributed by atoms with Gasteiger partial charge in [0.25, 0.3) is 0 Å². The largest absolute Gasteiger partial charge is 0.396 e. The van der Waals surface area contributed by atoms with Gasteiger partial charge in [0.05, 0.1) is 10.4 Å². The van der Waals surface area contributed by atoms with Crippen LogP contribution in [0.15, 0.2) is 22.7 Å². The Morgan fingerprint density at radius 3 is 2.33 bits per heavy atom. The van der Waals surface area contributed by atoms with E-state index in [2.05, 4.69) is 15.9 Å². The van der Waals surface area contributed by atoms with Crippen LogP contribution < -0.4 is 5.73 Å². The molecule has 1 aromatic carbocycles. The van der Waals surface area contributed by atoms with Gasteiger partial charge in [-0.25, -0.2) is 4.39 Å². The normalized spacial score (nSPS) is 14.0. The maximum Gasteiger partial charge on any atom is 0.396 e.